The number of nitrogens with one attached hydrogen (secondary N) is 1. The van der Waals surface area contributed by atoms with E-state index < -0.39 is 42.8 Å². The first kappa shape index (κ1) is 15.7. The van der Waals surface area contributed by atoms with Gasteiger partial charge in [0.15, 0.2) is 0 Å². The quantitative estimate of drug-likeness (QED) is 0.776. The molecule has 0 aromatic carbocycles. The van der Waals surface area contributed by atoms with Gasteiger partial charge in [-0.2, -0.15) is 8.78 Å². The molecule has 0 unspecified atom stereocenters. The molecule has 0 spiro atoms. The second kappa shape index (κ2) is 5.34. The molecule has 2 amide bonds. The smallest absolute Gasteiger partial charge is 0.324 e. The summed E-state index contributed by atoms with van der Waals surface area (Å²) >= 11 is 0. The summed E-state index contributed by atoms with van der Waals surface area (Å²) in [4.78, 5) is 24.1. The molecule has 1 N–H and O–H groups in total. The van der Waals surface area contributed by atoms with Crippen LogP contribution < -0.4 is 5.32 Å². The van der Waals surface area contributed by atoms with Gasteiger partial charge in [-0.15, -0.1) is 0 Å². The van der Waals surface area contributed by atoms with Crippen molar-refractivity contribution in [2.75, 3.05) is 13.1 Å². The topological polar surface area (TPSA) is 49.4 Å². The van der Waals surface area contributed by atoms with Crippen molar-refractivity contribution < 1.29 is 27.2 Å². The number of hydrogen-bond acceptors (Lipinski definition) is 2. The minimum atomic E-state index is -4.32. The van der Waals surface area contributed by atoms with E-state index in [-0.39, 0.29) is 12.8 Å². The molecular formula is C11H16F4N2O2. The number of nitrogens with zero attached hydrogens (tertiary/aromatic N) is 1. The lowest BCUT2D eigenvalue weighted by Crippen LogP contribution is -2.67. The predicted molar refractivity (Wildman–Crippen MR) is 59.0 cm³/mol. The largest absolute Gasteiger partial charge is 0.340 e. The number of alkyl halides is 4. The average molecular weight is 284 g/mol. The van der Waals surface area contributed by atoms with Gasteiger partial charge in [0.25, 0.3) is 0 Å². The Kier molecular flexibility index (Phi) is 4.42. The van der Waals surface area contributed by atoms with Crippen LogP contribution in [-0.2, 0) is 9.59 Å². The Morgan fingerprint density at radius 3 is 2.26 bits per heavy atom. The fourth-order valence-corrected chi connectivity index (χ4v) is 2.09. The number of halogens is 4. The summed E-state index contributed by atoms with van der Waals surface area (Å²) in [5, 5.41) is 2.46. The first-order valence-electron chi connectivity index (χ1n) is 5.95. The van der Waals surface area contributed by atoms with Crippen LogP contribution in [0.1, 0.15) is 26.7 Å². The van der Waals surface area contributed by atoms with Crippen molar-refractivity contribution in [1.82, 2.24) is 10.2 Å². The van der Waals surface area contributed by atoms with Gasteiger partial charge in [-0.1, -0.05) is 13.8 Å². The van der Waals surface area contributed by atoms with E-state index in [2.05, 4.69) is 5.32 Å². The summed E-state index contributed by atoms with van der Waals surface area (Å²) in [5.41, 5.74) is -1.27. The molecule has 1 aliphatic rings. The predicted octanol–water partition coefficient (Wildman–Crippen LogP) is 1.40. The zero-order valence-electron chi connectivity index (χ0n) is 10.7. The first-order chi connectivity index (χ1) is 8.68. The van der Waals surface area contributed by atoms with E-state index in [0.717, 1.165) is 0 Å². The van der Waals surface area contributed by atoms with Crippen molar-refractivity contribution >= 4 is 11.8 Å². The van der Waals surface area contributed by atoms with Gasteiger partial charge in [-0.05, 0) is 12.8 Å². The highest BCUT2D eigenvalue weighted by molar-refractivity contribution is 5.97. The van der Waals surface area contributed by atoms with E-state index >= 15 is 0 Å². The Bertz CT molecular complexity index is 370. The number of carbonyl (C=O) groups excluding carboxylic acids is 2. The first-order valence-corrected chi connectivity index (χ1v) is 5.95. The molecule has 0 saturated carbocycles. The molecular weight excluding hydrogens is 268 g/mol. The van der Waals surface area contributed by atoms with Gasteiger partial charge in [0.2, 0.25) is 11.8 Å². The van der Waals surface area contributed by atoms with Crippen LogP contribution in [0.3, 0.4) is 0 Å². The van der Waals surface area contributed by atoms with Crippen LogP contribution in [0.15, 0.2) is 0 Å². The molecule has 0 aliphatic carbocycles. The minimum absolute atomic E-state index is 0.213. The van der Waals surface area contributed by atoms with Crippen LogP contribution in [0, 0.1) is 0 Å². The summed E-state index contributed by atoms with van der Waals surface area (Å²) < 4.78 is 50.4. The zero-order chi connectivity index (χ0) is 14.8. The van der Waals surface area contributed by atoms with Crippen molar-refractivity contribution in [3.63, 3.8) is 0 Å². The van der Waals surface area contributed by atoms with Crippen LogP contribution in [0.4, 0.5) is 17.6 Å². The molecule has 1 aliphatic heterocycles. The van der Waals surface area contributed by atoms with Gasteiger partial charge >= 0.3 is 12.3 Å². The van der Waals surface area contributed by atoms with E-state index in [1.54, 1.807) is 13.8 Å². The van der Waals surface area contributed by atoms with Crippen molar-refractivity contribution in [3.05, 3.63) is 0 Å². The van der Waals surface area contributed by atoms with Crippen molar-refractivity contribution in [3.8, 4) is 0 Å². The molecule has 4 nitrogen and oxygen atoms in total. The number of piperazine rings is 1. The highest BCUT2D eigenvalue weighted by atomic mass is 19.3. The van der Waals surface area contributed by atoms with Gasteiger partial charge in [0.05, 0.1) is 13.1 Å². The molecule has 0 bridgehead atoms. The van der Waals surface area contributed by atoms with Crippen molar-refractivity contribution in [2.45, 2.75) is 44.6 Å². The number of hydrogen-bond donors (Lipinski definition) is 1. The lowest BCUT2D eigenvalue weighted by Gasteiger charge is -2.41. The molecule has 1 rings (SSSR count). The third-order valence-corrected chi connectivity index (χ3v) is 3.34. The fourth-order valence-electron chi connectivity index (χ4n) is 2.09. The molecule has 0 radical (unpaired) electrons. The molecule has 1 heterocycles. The highest BCUT2D eigenvalue weighted by Gasteiger charge is 2.49. The third-order valence-electron chi connectivity index (χ3n) is 3.34. The van der Waals surface area contributed by atoms with E-state index in [4.69, 9.17) is 0 Å². The van der Waals surface area contributed by atoms with Gasteiger partial charge < -0.3 is 10.2 Å². The zero-order valence-corrected chi connectivity index (χ0v) is 10.7. The molecule has 1 fully saturated rings. The summed E-state index contributed by atoms with van der Waals surface area (Å²) in [7, 11) is 0. The van der Waals surface area contributed by atoms with Crippen molar-refractivity contribution in [1.29, 1.82) is 0 Å². The monoisotopic (exact) mass is 284 g/mol. The Labute approximate surface area is 108 Å². The molecule has 0 aromatic rings. The third kappa shape index (κ3) is 2.98. The normalized spacial score (nSPS) is 19.8. The SMILES string of the molecule is CCC1(CC)NC(=O)CN(CC(F)(F)C(F)F)C1=O. The van der Waals surface area contributed by atoms with E-state index in [1.807, 2.05) is 0 Å². The average Bonchev–Trinajstić information content (AvgIpc) is 2.33. The van der Waals surface area contributed by atoms with Crippen LogP contribution in [0.25, 0.3) is 0 Å². The molecule has 8 heteroatoms. The van der Waals surface area contributed by atoms with Crippen molar-refractivity contribution in [2.24, 2.45) is 0 Å². The van der Waals surface area contributed by atoms with E-state index in [0.29, 0.717) is 4.90 Å². The van der Waals surface area contributed by atoms with Gasteiger partial charge in [0.1, 0.15) is 5.54 Å². The summed E-state index contributed by atoms with van der Waals surface area (Å²) in [6, 6.07) is 0. The molecule has 19 heavy (non-hydrogen) atoms. The Balaban J connectivity index is 2.96. The van der Waals surface area contributed by atoms with Gasteiger partial charge in [-0.3, -0.25) is 9.59 Å². The summed E-state index contributed by atoms with van der Waals surface area (Å²) in [6.45, 7) is 1.18. The number of rotatable bonds is 5. The maximum absolute atomic E-state index is 13.0. The Hall–Kier alpha value is -1.34. The molecule has 110 valence electrons. The maximum Gasteiger partial charge on any atom is 0.324 e. The maximum atomic E-state index is 13.0. The van der Waals surface area contributed by atoms with Gasteiger partial charge in [0, 0.05) is 0 Å². The van der Waals surface area contributed by atoms with E-state index in [9.17, 15) is 27.2 Å². The number of amides is 2. The highest BCUT2D eigenvalue weighted by Crippen LogP contribution is 2.28. The lowest BCUT2D eigenvalue weighted by molar-refractivity contribution is -0.168. The Morgan fingerprint density at radius 2 is 1.84 bits per heavy atom. The standard InChI is InChI=1S/C11H16F4N2O2/c1-3-10(4-2)9(19)17(5-7(18)16-10)6-11(14,15)8(12)13/h8H,3-6H2,1-2H3,(H,16,18). The molecule has 0 aromatic heterocycles. The lowest BCUT2D eigenvalue weighted by atomic mass is 9.89. The van der Waals surface area contributed by atoms with Crippen LogP contribution >= 0.6 is 0 Å². The minimum Gasteiger partial charge on any atom is -0.340 e. The molecule has 0 atom stereocenters. The number of carbonyl (C=O) groups is 2. The van der Waals surface area contributed by atoms with Crippen LogP contribution in [0.2, 0.25) is 0 Å². The van der Waals surface area contributed by atoms with Gasteiger partial charge in [-0.25, -0.2) is 8.78 Å². The summed E-state index contributed by atoms with van der Waals surface area (Å²) in [5.74, 6) is -5.67. The molecule has 1 saturated heterocycles. The van der Waals surface area contributed by atoms with Crippen LogP contribution in [-0.4, -0.2) is 47.7 Å². The second-order valence-corrected chi connectivity index (χ2v) is 4.56. The second-order valence-electron chi connectivity index (χ2n) is 4.56. The fraction of sp³-hybridized carbons (Fsp3) is 0.818. The van der Waals surface area contributed by atoms with Crippen LogP contribution in [0.5, 0.6) is 0 Å². The Morgan fingerprint density at radius 1 is 1.32 bits per heavy atom. The summed E-state index contributed by atoms with van der Waals surface area (Å²) in [6.07, 6.45) is -3.45. The van der Waals surface area contributed by atoms with E-state index in [1.165, 1.54) is 0 Å².